The van der Waals surface area contributed by atoms with E-state index in [1.165, 1.54) is 27.1 Å². The Bertz CT molecular complexity index is 3070. The van der Waals surface area contributed by atoms with E-state index in [2.05, 4.69) is 218 Å². The van der Waals surface area contributed by atoms with Crippen LogP contribution in [0.25, 0.3) is 32.7 Å². The zero-order valence-electron chi connectivity index (χ0n) is 32.5. The summed E-state index contributed by atoms with van der Waals surface area (Å²) < 4.78 is 6.60. The predicted molar refractivity (Wildman–Crippen MR) is 242 cm³/mol. The number of benzene rings is 9. The van der Waals surface area contributed by atoms with Gasteiger partial charge in [-0.1, -0.05) is 188 Å². The van der Waals surface area contributed by atoms with Gasteiger partial charge in [-0.25, -0.2) is 9.98 Å². The molecular weight excluding hydrogens is 719 g/mol. The smallest absolute Gasteiger partial charge is 0.160 e. The lowest BCUT2D eigenvalue weighted by atomic mass is 9.63. The summed E-state index contributed by atoms with van der Waals surface area (Å²) in [5.74, 6) is 3.29. The van der Waals surface area contributed by atoms with Crippen molar-refractivity contribution in [2.24, 2.45) is 9.98 Å². The van der Waals surface area contributed by atoms with Gasteiger partial charge in [0.25, 0.3) is 0 Å². The van der Waals surface area contributed by atoms with Crippen molar-refractivity contribution in [1.82, 2.24) is 4.90 Å². The molecule has 2 aliphatic rings. The van der Waals surface area contributed by atoms with Crippen LogP contribution >= 0.6 is 0 Å². The van der Waals surface area contributed by atoms with Crippen LogP contribution < -0.4 is 4.74 Å². The minimum Gasteiger partial charge on any atom is -0.457 e. The second-order valence-electron chi connectivity index (χ2n) is 15.3. The van der Waals surface area contributed by atoms with Crippen LogP contribution in [0.15, 0.2) is 222 Å². The first kappa shape index (κ1) is 34.7. The number of hydrogen-bond acceptors (Lipinski definition) is 4. The number of para-hydroxylation sites is 2. The number of ether oxygens (including phenoxy) is 1. The minimum atomic E-state index is -0.631. The van der Waals surface area contributed by atoms with Gasteiger partial charge in [-0.3, -0.25) is 0 Å². The summed E-state index contributed by atoms with van der Waals surface area (Å²) in [7, 11) is 2.10. The molecule has 0 amide bonds. The Kier molecular flexibility index (Phi) is 8.30. The Morgan fingerprint density at radius 2 is 1.07 bits per heavy atom. The maximum atomic E-state index is 6.60. The van der Waals surface area contributed by atoms with Gasteiger partial charge in [0, 0.05) is 29.3 Å². The van der Waals surface area contributed by atoms with Crippen molar-refractivity contribution in [3.05, 3.63) is 251 Å². The van der Waals surface area contributed by atoms with Crippen molar-refractivity contribution in [3.63, 3.8) is 0 Å². The molecule has 0 N–H and O–H groups in total. The molecule has 0 aromatic heterocycles. The summed E-state index contributed by atoms with van der Waals surface area (Å²) in [4.78, 5) is 13.1. The van der Waals surface area contributed by atoms with Crippen molar-refractivity contribution in [2.45, 2.75) is 11.6 Å². The van der Waals surface area contributed by atoms with Gasteiger partial charge >= 0.3 is 0 Å². The van der Waals surface area contributed by atoms with Gasteiger partial charge in [0.2, 0.25) is 0 Å². The molecule has 0 saturated carbocycles. The Labute approximate surface area is 344 Å². The third-order valence-corrected chi connectivity index (χ3v) is 12.0. The Hall–Kier alpha value is -7.56. The Morgan fingerprint density at radius 3 is 1.85 bits per heavy atom. The van der Waals surface area contributed by atoms with Crippen LogP contribution in [-0.4, -0.2) is 23.6 Å². The summed E-state index contributed by atoms with van der Waals surface area (Å²) >= 11 is 0. The molecule has 280 valence electrons. The van der Waals surface area contributed by atoms with Crippen molar-refractivity contribution in [1.29, 1.82) is 0 Å². The molecule has 9 aromatic carbocycles. The molecule has 2 aliphatic heterocycles. The van der Waals surface area contributed by atoms with E-state index in [1.54, 1.807) is 0 Å². The molecule has 4 heteroatoms. The number of fused-ring (bicyclic) bond motifs is 5. The normalized spacial score (nSPS) is 15.5. The van der Waals surface area contributed by atoms with Gasteiger partial charge < -0.3 is 9.64 Å². The zero-order chi connectivity index (χ0) is 39.3. The van der Waals surface area contributed by atoms with Crippen LogP contribution in [0.2, 0.25) is 0 Å². The van der Waals surface area contributed by atoms with E-state index < -0.39 is 5.41 Å². The van der Waals surface area contributed by atoms with Crippen LogP contribution in [0.4, 0.5) is 0 Å². The second kappa shape index (κ2) is 14.1. The van der Waals surface area contributed by atoms with Gasteiger partial charge in [0.15, 0.2) is 12.0 Å². The fraction of sp³-hybridized carbons (Fsp3) is 0.0545. The fourth-order valence-corrected chi connectivity index (χ4v) is 9.32. The third-order valence-electron chi connectivity index (χ3n) is 12.0. The third kappa shape index (κ3) is 5.67. The number of amidine groups is 2. The van der Waals surface area contributed by atoms with Gasteiger partial charge in [-0.05, 0) is 73.6 Å². The van der Waals surface area contributed by atoms with E-state index in [4.69, 9.17) is 14.7 Å². The van der Waals surface area contributed by atoms with Crippen LogP contribution in [0, 0.1) is 0 Å². The molecular formula is C55H39N3O. The van der Waals surface area contributed by atoms with Crippen LogP contribution in [0.5, 0.6) is 11.5 Å². The monoisotopic (exact) mass is 757 g/mol. The van der Waals surface area contributed by atoms with Gasteiger partial charge in [0.1, 0.15) is 17.3 Å². The lowest BCUT2D eigenvalue weighted by Gasteiger charge is -2.41. The van der Waals surface area contributed by atoms with Gasteiger partial charge in [-0.2, -0.15) is 0 Å². The predicted octanol–water partition coefficient (Wildman–Crippen LogP) is 13.0. The number of hydrogen-bond donors (Lipinski definition) is 0. The van der Waals surface area contributed by atoms with Crippen LogP contribution in [-0.2, 0) is 5.41 Å². The number of rotatable bonds is 6. The fourth-order valence-electron chi connectivity index (χ4n) is 9.32. The van der Waals surface area contributed by atoms with E-state index in [1.807, 2.05) is 6.07 Å². The molecule has 2 heterocycles. The summed E-state index contributed by atoms with van der Waals surface area (Å²) in [5.41, 5.74) is 9.19. The van der Waals surface area contributed by atoms with Crippen molar-refractivity contribution in [2.75, 3.05) is 7.05 Å². The summed E-state index contributed by atoms with van der Waals surface area (Å²) in [6.07, 6.45) is -0.301. The van der Waals surface area contributed by atoms with Crippen molar-refractivity contribution >= 4 is 33.2 Å². The first-order chi connectivity index (χ1) is 29.2. The molecule has 9 aromatic rings. The average molecular weight is 758 g/mol. The highest BCUT2D eigenvalue weighted by Gasteiger charge is 2.45. The minimum absolute atomic E-state index is 0.301. The zero-order valence-corrected chi connectivity index (χ0v) is 32.5. The number of nitrogens with zero attached hydrogens (tertiary/aromatic N) is 3. The van der Waals surface area contributed by atoms with E-state index in [0.717, 1.165) is 61.8 Å². The SMILES string of the molecule is CN1C(c2ccccc2)=NC(c2ccccc2-c2cccc(C3(c4ccccc4)c4ccccc4Oc4ccccc43)c2)=NC1c1ccc2c(ccc3ccccc32)c1. The van der Waals surface area contributed by atoms with E-state index >= 15 is 0 Å². The molecule has 0 fully saturated rings. The average Bonchev–Trinajstić information content (AvgIpc) is 3.31. The van der Waals surface area contributed by atoms with Crippen molar-refractivity contribution < 1.29 is 4.74 Å². The molecule has 0 aliphatic carbocycles. The maximum absolute atomic E-state index is 6.60. The molecule has 0 saturated heterocycles. The van der Waals surface area contributed by atoms with E-state index in [-0.39, 0.29) is 6.17 Å². The molecule has 0 radical (unpaired) electrons. The van der Waals surface area contributed by atoms with Gasteiger partial charge in [0.05, 0.1) is 5.41 Å². The standard InChI is InChI=1S/C55H39N3O/c1-58-53(38-18-4-2-5-19-38)56-52(57-54(58)41-33-34-46-40(35-41)32-31-37-17-8-9-24-44(37)46)47-26-11-10-25-45(47)39-20-16-23-43(36-39)55(42-21-6-3-7-22-42)48-27-12-14-29-50(48)59-51-30-15-13-28-49(51)55/h2-36,54H,1H3. The van der Waals surface area contributed by atoms with Crippen LogP contribution in [0.1, 0.15) is 45.1 Å². The second-order valence-corrected chi connectivity index (χ2v) is 15.3. The first-order valence-corrected chi connectivity index (χ1v) is 20.2. The number of aliphatic imine (C=N–C) groups is 2. The molecule has 11 rings (SSSR count). The topological polar surface area (TPSA) is 37.2 Å². The highest BCUT2D eigenvalue weighted by molar-refractivity contribution is 6.15. The maximum Gasteiger partial charge on any atom is 0.160 e. The van der Waals surface area contributed by atoms with Gasteiger partial charge in [-0.15, -0.1) is 0 Å². The summed E-state index contributed by atoms with van der Waals surface area (Å²) in [6, 6.07) is 75.5. The summed E-state index contributed by atoms with van der Waals surface area (Å²) in [6.45, 7) is 0. The summed E-state index contributed by atoms with van der Waals surface area (Å²) in [5, 5.41) is 4.92. The Balaban J connectivity index is 1.09. The van der Waals surface area contributed by atoms with Crippen LogP contribution in [0.3, 0.4) is 0 Å². The first-order valence-electron chi connectivity index (χ1n) is 20.2. The molecule has 0 spiro atoms. The molecule has 1 unspecified atom stereocenters. The highest BCUT2D eigenvalue weighted by Crippen LogP contribution is 2.55. The van der Waals surface area contributed by atoms with Crippen molar-refractivity contribution in [3.8, 4) is 22.6 Å². The lowest BCUT2D eigenvalue weighted by Crippen LogP contribution is -2.35. The largest absolute Gasteiger partial charge is 0.457 e. The highest BCUT2D eigenvalue weighted by atomic mass is 16.5. The lowest BCUT2D eigenvalue weighted by molar-refractivity contribution is 0.383. The molecule has 0 bridgehead atoms. The van der Waals surface area contributed by atoms with E-state index in [9.17, 15) is 0 Å². The molecule has 59 heavy (non-hydrogen) atoms. The quantitative estimate of drug-likeness (QED) is 0.158. The Morgan fingerprint density at radius 1 is 0.475 bits per heavy atom. The van der Waals surface area contributed by atoms with E-state index in [0.29, 0.717) is 5.84 Å². The molecule has 4 nitrogen and oxygen atoms in total. The molecule has 1 atom stereocenters.